The van der Waals surface area contributed by atoms with E-state index in [0.717, 1.165) is 19.4 Å². The molecule has 1 amide bonds. The van der Waals surface area contributed by atoms with Gasteiger partial charge in [0.05, 0.1) is 6.04 Å². The molecule has 4 aliphatic heterocycles. The molecular weight excluding hydrogens is 296 g/mol. The minimum Gasteiger partial charge on any atom is -0.308 e. The summed E-state index contributed by atoms with van der Waals surface area (Å²) < 4.78 is 0. The fraction of sp³-hybridized carbons (Fsp3) is 0.571. The molecule has 124 valence electrons. The lowest BCUT2D eigenvalue weighted by atomic mass is 9.54. The van der Waals surface area contributed by atoms with Crippen LogP contribution in [-0.4, -0.2) is 36.0 Å². The lowest BCUT2D eigenvalue weighted by Gasteiger charge is -2.57. The fourth-order valence-electron chi connectivity index (χ4n) is 7.15. The van der Waals surface area contributed by atoms with Gasteiger partial charge in [-0.25, -0.2) is 0 Å². The summed E-state index contributed by atoms with van der Waals surface area (Å²) in [6.45, 7) is 4.56. The molecule has 4 fully saturated rings. The molecule has 1 aliphatic carbocycles. The predicted octanol–water partition coefficient (Wildman–Crippen LogP) is 3.10. The number of hydrogen-bond acceptors (Lipinski definition) is 2. The lowest BCUT2D eigenvalue weighted by molar-refractivity contribution is -0.123. The first kappa shape index (κ1) is 13.7. The molecule has 0 unspecified atom stereocenters. The summed E-state index contributed by atoms with van der Waals surface area (Å²) in [7, 11) is 0. The van der Waals surface area contributed by atoms with Crippen molar-refractivity contribution in [2.24, 2.45) is 11.8 Å². The zero-order chi connectivity index (χ0) is 16.1. The van der Waals surface area contributed by atoms with Gasteiger partial charge in [-0.1, -0.05) is 29.8 Å². The highest BCUT2D eigenvalue weighted by atomic mass is 16.2. The van der Waals surface area contributed by atoms with Crippen molar-refractivity contribution in [2.75, 3.05) is 18.0 Å². The van der Waals surface area contributed by atoms with Crippen LogP contribution in [0.2, 0.25) is 0 Å². The van der Waals surface area contributed by atoms with Crippen molar-refractivity contribution < 1.29 is 4.79 Å². The van der Waals surface area contributed by atoms with E-state index in [4.69, 9.17) is 0 Å². The third kappa shape index (κ3) is 1.31. The Morgan fingerprint density at radius 2 is 2.17 bits per heavy atom. The van der Waals surface area contributed by atoms with Gasteiger partial charge in [-0.05, 0) is 56.2 Å². The number of fused-ring (bicyclic) bond motifs is 4. The largest absolute Gasteiger partial charge is 0.308 e. The maximum atomic E-state index is 12.9. The molecule has 5 aliphatic rings. The van der Waals surface area contributed by atoms with E-state index in [1.807, 2.05) is 0 Å². The van der Waals surface area contributed by atoms with Crippen LogP contribution < -0.4 is 4.90 Å². The summed E-state index contributed by atoms with van der Waals surface area (Å²) in [5.41, 5.74) is 4.54. The van der Waals surface area contributed by atoms with Gasteiger partial charge in [0.15, 0.2) is 0 Å². The number of nitrogens with zero attached hydrogens (tertiary/aromatic N) is 2. The van der Waals surface area contributed by atoms with Crippen LogP contribution in [0.3, 0.4) is 0 Å². The SMILES string of the molecule is C/C=C1/CN2CC[C@]34c5ccccc5N5C(=O)CC[C@@H]([C@H]53)[C@H]1C[C@H]24. The second kappa shape index (κ2) is 4.32. The summed E-state index contributed by atoms with van der Waals surface area (Å²) in [4.78, 5) is 17.9. The standard InChI is InChI=1S/C21H24N2O/c1-2-13-12-22-10-9-21-16-5-3-4-6-17(16)23-19(24)8-7-14(20(21)23)15(13)11-18(21)22/h2-6,14-15,18,20H,7-12H2,1H3/b13-2-/t14-,15+,18+,20+,21-/m1/s1. The van der Waals surface area contributed by atoms with Crippen LogP contribution in [0.5, 0.6) is 0 Å². The van der Waals surface area contributed by atoms with E-state index in [2.05, 4.69) is 47.1 Å². The summed E-state index contributed by atoms with van der Waals surface area (Å²) in [5.74, 6) is 1.70. The molecule has 24 heavy (non-hydrogen) atoms. The highest BCUT2D eigenvalue weighted by molar-refractivity contribution is 5.98. The van der Waals surface area contributed by atoms with Gasteiger partial charge in [-0.3, -0.25) is 9.69 Å². The topological polar surface area (TPSA) is 23.6 Å². The van der Waals surface area contributed by atoms with Crippen LogP contribution in [0.4, 0.5) is 5.69 Å². The van der Waals surface area contributed by atoms with Crippen LogP contribution in [0.15, 0.2) is 35.9 Å². The molecule has 5 atom stereocenters. The lowest BCUT2D eigenvalue weighted by Crippen LogP contribution is -2.66. The molecule has 1 saturated carbocycles. The Hall–Kier alpha value is -1.61. The van der Waals surface area contributed by atoms with Gasteiger partial charge in [0.2, 0.25) is 5.91 Å². The molecule has 3 saturated heterocycles. The third-order valence-corrected chi connectivity index (χ3v) is 7.91. The maximum Gasteiger partial charge on any atom is 0.227 e. The van der Waals surface area contributed by atoms with Crippen molar-refractivity contribution in [1.29, 1.82) is 0 Å². The van der Waals surface area contributed by atoms with Crippen LogP contribution in [0, 0.1) is 11.8 Å². The van der Waals surface area contributed by atoms with Crippen LogP contribution in [0.25, 0.3) is 0 Å². The molecule has 3 nitrogen and oxygen atoms in total. The van der Waals surface area contributed by atoms with Gasteiger partial charge >= 0.3 is 0 Å². The molecule has 1 aromatic rings. The predicted molar refractivity (Wildman–Crippen MR) is 94.0 cm³/mol. The number of carbonyl (C=O) groups is 1. The molecule has 0 N–H and O–H groups in total. The van der Waals surface area contributed by atoms with Crippen molar-refractivity contribution in [3.63, 3.8) is 0 Å². The number of amides is 1. The molecule has 3 heteroatoms. The average Bonchev–Trinajstić information content (AvgIpc) is 3.15. The summed E-state index contributed by atoms with van der Waals surface area (Å²) >= 11 is 0. The second-order valence-corrected chi connectivity index (χ2v) is 8.41. The number of carbonyl (C=O) groups excluding carboxylic acids is 1. The molecule has 6 rings (SSSR count). The van der Waals surface area contributed by atoms with Crippen molar-refractivity contribution in [1.82, 2.24) is 4.90 Å². The minimum absolute atomic E-state index is 0.201. The zero-order valence-electron chi connectivity index (χ0n) is 14.2. The van der Waals surface area contributed by atoms with Gasteiger partial charge in [0.25, 0.3) is 0 Å². The van der Waals surface area contributed by atoms with E-state index in [1.165, 1.54) is 30.6 Å². The quantitative estimate of drug-likeness (QED) is 0.686. The van der Waals surface area contributed by atoms with E-state index >= 15 is 0 Å². The highest BCUT2D eigenvalue weighted by Gasteiger charge is 2.68. The number of rotatable bonds is 0. The third-order valence-electron chi connectivity index (χ3n) is 7.91. The number of anilines is 1. The van der Waals surface area contributed by atoms with E-state index in [-0.39, 0.29) is 5.41 Å². The Morgan fingerprint density at radius 1 is 1.29 bits per heavy atom. The van der Waals surface area contributed by atoms with Crippen LogP contribution >= 0.6 is 0 Å². The first-order valence-electron chi connectivity index (χ1n) is 9.56. The molecule has 1 spiro atoms. The first-order valence-corrected chi connectivity index (χ1v) is 9.56. The molecule has 0 aromatic heterocycles. The van der Waals surface area contributed by atoms with E-state index in [9.17, 15) is 4.79 Å². The zero-order valence-corrected chi connectivity index (χ0v) is 14.2. The maximum absolute atomic E-state index is 12.9. The molecule has 4 heterocycles. The van der Waals surface area contributed by atoms with E-state index < -0.39 is 0 Å². The minimum atomic E-state index is 0.201. The Bertz CT molecular complexity index is 784. The fourth-order valence-corrected chi connectivity index (χ4v) is 7.15. The molecule has 1 aromatic carbocycles. The average molecular weight is 320 g/mol. The van der Waals surface area contributed by atoms with Crippen molar-refractivity contribution in [3.8, 4) is 0 Å². The van der Waals surface area contributed by atoms with Crippen LogP contribution in [0.1, 0.15) is 38.2 Å². The molecule has 0 radical (unpaired) electrons. The van der Waals surface area contributed by atoms with Gasteiger partial charge < -0.3 is 4.90 Å². The Morgan fingerprint density at radius 3 is 3.04 bits per heavy atom. The van der Waals surface area contributed by atoms with Crippen molar-refractivity contribution in [3.05, 3.63) is 41.5 Å². The second-order valence-electron chi connectivity index (χ2n) is 8.41. The monoisotopic (exact) mass is 320 g/mol. The normalized spacial score (nSPS) is 44.0. The highest BCUT2D eigenvalue weighted by Crippen LogP contribution is 2.64. The van der Waals surface area contributed by atoms with Crippen LogP contribution in [-0.2, 0) is 10.2 Å². The van der Waals surface area contributed by atoms with Crippen molar-refractivity contribution in [2.45, 2.75) is 50.1 Å². The summed E-state index contributed by atoms with van der Waals surface area (Å²) in [6.07, 6.45) is 6.72. The Balaban J connectivity index is 1.64. The number of piperidine rings is 2. The molecule has 2 bridgehead atoms. The Kier molecular flexibility index (Phi) is 2.46. The number of para-hydroxylation sites is 1. The summed E-state index contributed by atoms with van der Waals surface area (Å²) in [6, 6.07) is 9.85. The van der Waals surface area contributed by atoms with Crippen molar-refractivity contribution >= 4 is 11.6 Å². The number of benzene rings is 1. The van der Waals surface area contributed by atoms with Gasteiger partial charge in [0, 0.05) is 30.1 Å². The number of allylic oxidation sites excluding steroid dienone is 1. The number of hydrogen-bond donors (Lipinski definition) is 0. The summed E-state index contributed by atoms with van der Waals surface area (Å²) in [5, 5.41) is 0. The van der Waals surface area contributed by atoms with E-state index in [1.54, 1.807) is 5.57 Å². The smallest absolute Gasteiger partial charge is 0.227 e. The Labute approximate surface area is 143 Å². The molecular formula is C21H24N2O. The van der Waals surface area contributed by atoms with E-state index in [0.29, 0.717) is 29.8 Å². The van der Waals surface area contributed by atoms with Gasteiger partial charge in [-0.15, -0.1) is 0 Å². The van der Waals surface area contributed by atoms with Gasteiger partial charge in [0.1, 0.15) is 0 Å². The first-order chi connectivity index (χ1) is 11.8. The van der Waals surface area contributed by atoms with Gasteiger partial charge in [-0.2, -0.15) is 0 Å².